The molecule has 1 amide bonds. The molecule has 0 saturated heterocycles. The first-order valence-corrected chi connectivity index (χ1v) is 8.18. The van der Waals surface area contributed by atoms with Gasteiger partial charge in [-0.2, -0.15) is 0 Å². The molecule has 0 bridgehead atoms. The monoisotopic (exact) mass is 348 g/mol. The normalized spacial score (nSPS) is 10.4. The number of nitrogens with zero attached hydrogens (tertiary/aromatic N) is 1. The molecule has 0 unspecified atom stereocenters. The number of nitrogens with one attached hydrogen (secondary N) is 1. The van der Waals surface area contributed by atoms with Crippen LogP contribution in [0, 0.1) is 0 Å². The molecule has 132 valence electrons. The molecule has 1 aromatic heterocycles. The van der Waals surface area contributed by atoms with Crippen LogP contribution in [0.4, 0.5) is 5.69 Å². The van der Waals surface area contributed by atoms with Gasteiger partial charge in [0, 0.05) is 16.5 Å². The average molecular weight is 348 g/mol. The molecule has 3 aromatic rings. The molecule has 0 atom stereocenters. The predicted octanol–water partition coefficient (Wildman–Crippen LogP) is 4.23. The van der Waals surface area contributed by atoms with E-state index >= 15 is 0 Å². The lowest BCUT2D eigenvalue weighted by Crippen LogP contribution is -2.13. The first kappa shape index (κ1) is 17.5. The number of allylic oxidation sites excluding steroid dienone is 1. The van der Waals surface area contributed by atoms with Crippen LogP contribution in [0.15, 0.2) is 61.3 Å². The maximum atomic E-state index is 12.7. The fourth-order valence-corrected chi connectivity index (χ4v) is 2.82. The number of benzene rings is 2. The van der Waals surface area contributed by atoms with Crippen molar-refractivity contribution in [2.75, 3.05) is 19.5 Å². The van der Waals surface area contributed by atoms with Crippen LogP contribution in [0.3, 0.4) is 0 Å². The van der Waals surface area contributed by atoms with E-state index in [1.807, 2.05) is 30.3 Å². The summed E-state index contributed by atoms with van der Waals surface area (Å²) in [5.74, 6) is 0.873. The number of anilines is 1. The van der Waals surface area contributed by atoms with Gasteiger partial charge in [0.1, 0.15) is 0 Å². The lowest BCUT2D eigenvalue weighted by Gasteiger charge is -2.14. The summed E-state index contributed by atoms with van der Waals surface area (Å²) in [7, 11) is 3.12. The zero-order chi connectivity index (χ0) is 18.5. The van der Waals surface area contributed by atoms with Gasteiger partial charge in [-0.3, -0.25) is 9.78 Å². The molecule has 2 aromatic carbocycles. The molecule has 3 rings (SSSR count). The van der Waals surface area contributed by atoms with Gasteiger partial charge in [-0.1, -0.05) is 24.3 Å². The van der Waals surface area contributed by atoms with Crippen LogP contribution in [0.2, 0.25) is 0 Å². The molecular formula is C21H20N2O3. The fraction of sp³-hybridized carbons (Fsp3) is 0.143. The highest BCUT2D eigenvalue weighted by Crippen LogP contribution is 2.33. The number of ether oxygens (including phenoxy) is 2. The minimum atomic E-state index is -0.242. The van der Waals surface area contributed by atoms with E-state index in [1.165, 1.54) is 0 Å². The second kappa shape index (κ2) is 7.70. The lowest BCUT2D eigenvalue weighted by molar-refractivity contribution is 0.102. The Morgan fingerprint density at radius 1 is 1.19 bits per heavy atom. The molecular weight excluding hydrogens is 328 g/mol. The van der Waals surface area contributed by atoms with Crippen molar-refractivity contribution in [1.29, 1.82) is 0 Å². The smallest absolute Gasteiger partial charge is 0.255 e. The van der Waals surface area contributed by atoms with E-state index in [9.17, 15) is 4.79 Å². The van der Waals surface area contributed by atoms with Crippen molar-refractivity contribution in [3.63, 3.8) is 0 Å². The minimum absolute atomic E-state index is 0.242. The van der Waals surface area contributed by atoms with Gasteiger partial charge in [0.2, 0.25) is 0 Å². The Kier molecular flexibility index (Phi) is 5.17. The Hall–Kier alpha value is -3.34. The second-order valence-electron chi connectivity index (χ2n) is 5.73. The topological polar surface area (TPSA) is 60.5 Å². The van der Waals surface area contributed by atoms with Gasteiger partial charge < -0.3 is 14.8 Å². The number of aromatic nitrogens is 1. The van der Waals surface area contributed by atoms with Crippen molar-refractivity contribution >= 4 is 22.5 Å². The predicted molar refractivity (Wildman–Crippen MR) is 103 cm³/mol. The van der Waals surface area contributed by atoms with Crippen molar-refractivity contribution in [3.8, 4) is 11.5 Å². The van der Waals surface area contributed by atoms with Crippen LogP contribution in [0.25, 0.3) is 10.9 Å². The van der Waals surface area contributed by atoms with Crippen molar-refractivity contribution < 1.29 is 14.3 Å². The number of hydrogen-bond donors (Lipinski definition) is 1. The molecule has 0 aliphatic heterocycles. The number of amides is 1. The molecule has 0 aliphatic rings. The molecule has 26 heavy (non-hydrogen) atoms. The van der Waals surface area contributed by atoms with E-state index in [-0.39, 0.29) is 5.91 Å². The molecule has 1 N–H and O–H groups in total. The molecule has 5 nitrogen and oxygen atoms in total. The Balaban J connectivity index is 1.92. The van der Waals surface area contributed by atoms with E-state index in [2.05, 4.69) is 16.9 Å². The molecule has 0 fully saturated rings. The standard InChI is InChI=1S/C21H20N2O3/c1-4-7-15-10-16(12-19(25-2)20(15)26-3)21(24)23-17-11-14-8-5-6-9-18(14)22-13-17/h4-6,8-13H,1,7H2,2-3H3,(H,23,24). The number of fused-ring (bicyclic) bond motifs is 1. The number of para-hydroxylation sites is 1. The summed E-state index contributed by atoms with van der Waals surface area (Å²) in [6, 6.07) is 13.1. The molecule has 0 spiro atoms. The number of hydrogen-bond acceptors (Lipinski definition) is 4. The van der Waals surface area contributed by atoms with E-state index in [4.69, 9.17) is 9.47 Å². The summed E-state index contributed by atoms with van der Waals surface area (Å²) in [6.07, 6.45) is 3.97. The molecule has 5 heteroatoms. The summed E-state index contributed by atoms with van der Waals surface area (Å²) in [5, 5.41) is 3.85. The first-order valence-electron chi connectivity index (χ1n) is 8.18. The minimum Gasteiger partial charge on any atom is -0.493 e. The molecule has 0 aliphatic carbocycles. The first-order chi connectivity index (χ1) is 12.7. The van der Waals surface area contributed by atoms with Gasteiger partial charge in [-0.15, -0.1) is 6.58 Å². The lowest BCUT2D eigenvalue weighted by atomic mass is 10.0. The average Bonchev–Trinajstić information content (AvgIpc) is 2.67. The zero-order valence-corrected chi connectivity index (χ0v) is 14.8. The van der Waals surface area contributed by atoms with Crippen LogP contribution in [0.1, 0.15) is 15.9 Å². The van der Waals surface area contributed by atoms with E-state index < -0.39 is 0 Å². The maximum Gasteiger partial charge on any atom is 0.255 e. The quantitative estimate of drug-likeness (QED) is 0.677. The third-order valence-electron chi connectivity index (χ3n) is 4.03. The SMILES string of the molecule is C=CCc1cc(C(=O)Nc2cnc3ccccc3c2)cc(OC)c1OC. The number of methoxy groups -OCH3 is 2. The maximum absolute atomic E-state index is 12.7. The number of pyridine rings is 1. The van der Waals surface area contributed by atoms with Crippen molar-refractivity contribution in [1.82, 2.24) is 4.98 Å². The third-order valence-corrected chi connectivity index (χ3v) is 4.03. The number of rotatable bonds is 6. The second-order valence-corrected chi connectivity index (χ2v) is 5.73. The van der Waals surface area contributed by atoms with Crippen LogP contribution >= 0.6 is 0 Å². The largest absolute Gasteiger partial charge is 0.493 e. The van der Waals surface area contributed by atoms with E-state index in [0.717, 1.165) is 16.5 Å². The highest BCUT2D eigenvalue weighted by molar-refractivity contribution is 6.05. The van der Waals surface area contributed by atoms with Gasteiger partial charge in [0.05, 0.1) is 31.6 Å². The van der Waals surface area contributed by atoms with Crippen LogP contribution in [-0.4, -0.2) is 25.1 Å². The zero-order valence-electron chi connectivity index (χ0n) is 14.8. The van der Waals surface area contributed by atoms with E-state index in [0.29, 0.717) is 29.2 Å². The van der Waals surface area contributed by atoms with Crippen molar-refractivity contribution in [2.45, 2.75) is 6.42 Å². The summed E-state index contributed by atoms with van der Waals surface area (Å²) in [4.78, 5) is 17.1. The van der Waals surface area contributed by atoms with Crippen LogP contribution < -0.4 is 14.8 Å². The van der Waals surface area contributed by atoms with Gasteiger partial charge in [0.25, 0.3) is 5.91 Å². The molecule has 0 radical (unpaired) electrons. The Bertz CT molecular complexity index is 967. The third kappa shape index (κ3) is 3.52. The number of carbonyl (C=O) groups excluding carboxylic acids is 1. The molecule has 0 saturated carbocycles. The van der Waals surface area contributed by atoms with Gasteiger partial charge in [-0.05, 0) is 30.7 Å². The summed E-state index contributed by atoms with van der Waals surface area (Å²) < 4.78 is 10.8. The Labute approximate surface area is 152 Å². The Morgan fingerprint density at radius 3 is 2.73 bits per heavy atom. The molecule has 1 heterocycles. The summed E-state index contributed by atoms with van der Waals surface area (Å²) in [6.45, 7) is 3.75. The van der Waals surface area contributed by atoms with E-state index in [1.54, 1.807) is 38.6 Å². The summed E-state index contributed by atoms with van der Waals surface area (Å²) >= 11 is 0. The fourth-order valence-electron chi connectivity index (χ4n) is 2.82. The highest BCUT2D eigenvalue weighted by Gasteiger charge is 2.16. The van der Waals surface area contributed by atoms with Crippen molar-refractivity contribution in [2.24, 2.45) is 0 Å². The van der Waals surface area contributed by atoms with Crippen LogP contribution in [-0.2, 0) is 6.42 Å². The highest BCUT2D eigenvalue weighted by atomic mass is 16.5. The van der Waals surface area contributed by atoms with Gasteiger partial charge in [-0.25, -0.2) is 0 Å². The van der Waals surface area contributed by atoms with Crippen molar-refractivity contribution in [3.05, 3.63) is 72.4 Å². The summed E-state index contributed by atoms with van der Waals surface area (Å²) in [5.41, 5.74) is 2.83. The van der Waals surface area contributed by atoms with Gasteiger partial charge in [0.15, 0.2) is 11.5 Å². The number of carbonyl (C=O) groups is 1. The van der Waals surface area contributed by atoms with Crippen LogP contribution in [0.5, 0.6) is 11.5 Å². The Morgan fingerprint density at radius 2 is 2.00 bits per heavy atom. The van der Waals surface area contributed by atoms with Gasteiger partial charge >= 0.3 is 0 Å².